The van der Waals surface area contributed by atoms with Crippen molar-refractivity contribution in [3.05, 3.63) is 47.6 Å². The molecule has 0 aromatic carbocycles. The topological polar surface area (TPSA) is 171 Å². The van der Waals surface area contributed by atoms with Gasteiger partial charge in [-0.05, 0) is 146 Å². The molecule has 12 atom stereocenters. The van der Waals surface area contributed by atoms with Crippen LogP contribution >= 0.6 is 0 Å². The molecule has 11 heteroatoms. The van der Waals surface area contributed by atoms with Crippen molar-refractivity contribution in [2.45, 2.75) is 214 Å². The molecule has 11 nitrogen and oxygen atoms in total. The van der Waals surface area contributed by atoms with Crippen LogP contribution in [0.4, 0.5) is 0 Å². The van der Waals surface area contributed by atoms with Crippen molar-refractivity contribution >= 4 is 23.4 Å². The molecule has 2 heterocycles. The molecule has 1 saturated carbocycles. The van der Waals surface area contributed by atoms with E-state index in [4.69, 9.17) is 9.47 Å². The number of esters is 1. The van der Waals surface area contributed by atoms with E-state index in [1.54, 1.807) is 33.8 Å². The Morgan fingerprint density at radius 1 is 0.859 bits per heavy atom. The molecule has 0 radical (unpaired) electrons. The lowest BCUT2D eigenvalue weighted by Gasteiger charge is -2.35. The summed E-state index contributed by atoms with van der Waals surface area (Å²) in [6, 6.07) is -0.835. The van der Waals surface area contributed by atoms with E-state index in [-0.39, 0.29) is 66.0 Å². The van der Waals surface area contributed by atoms with Crippen molar-refractivity contribution in [2.75, 3.05) is 6.54 Å². The van der Waals surface area contributed by atoms with Gasteiger partial charge in [-0.3, -0.25) is 14.4 Å². The molecule has 1 amide bonds. The van der Waals surface area contributed by atoms with Crippen LogP contribution in [0.3, 0.4) is 0 Å². The van der Waals surface area contributed by atoms with Crippen molar-refractivity contribution in [2.24, 2.45) is 41.4 Å². The number of carbonyl (C=O) groups excluding carboxylic acids is 4. The summed E-state index contributed by atoms with van der Waals surface area (Å²) in [5.41, 5.74) is -0.301. The maximum Gasteiger partial charge on any atom is 0.329 e. The summed E-state index contributed by atoms with van der Waals surface area (Å²) < 4.78 is 12.8. The number of aliphatic hydroxyl groups excluding tert-OH is 3. The van der Waals surface area contributed by atoms with Gasteiger partial charge in [-0.2, -0.15) is 0 Å². The summed E-state index contributed by atoms with van der Waals surface area (Å²) in [7, 11) is 0. The minimum Gasteiger partial charge on any atom is -0.460 e. The SMILES string of the molecule is C\C1=C/C=C/C=C/[C@@H](C)C[C@@H](C)C(=O)[C@H](O)[C@H](O)/C(C)=C/[C@@H](C)C(=O)C[C@@H]([C@H](C)C[C@H]2CC[C@H](O)CC2)OC(=O)C2CCCN2C(=O)C[C@@](C)(O)[C@H](C)CC[C@H](C)C[C@@H]1OC(C)(C)C. The van der Waals surface area contributed by atoms with Gasteiger partial charge in [-0.1, -0.05) is 84.4 Å². The van der Waals surface area contributed by atoms with Crippen LogP contribution in [0.2, 0.25) is 0 Å². The second kappa shape index (κ2) is 25.3. The number of nitrogens with zero attached hydrogens (tertiary/aromatic N) is 1. The Labute approximate surface area is 386 Å². The van der Waals surface area contributed by atoms with Crippen LogP contribution in [0.25, 0.3) is 0 Å². The van der Waals surface area contributed by atoms with Crippen LogP contribution in [0.5, 0.6) is 0 Å². The molecule has 1 aliphatic carbocycles. The van der Waals surface area contributed by atoms with Crippen LogP contribution in [-0.2, 0) is 28.7 Å². The summed E-state index contributed by atoms with van der Waals surface area (Å²) >= 11 is 0. The molecule has 3 rings (SSSR count). The van der Waals surface area contributed by atoms with E-state index in [1.807, 2.05) is 65.8 Å². The molecule has 0 aromatic rings. The second-order valence-corrected chi connectivity index (χ2v) is 21.6. The summed E-state index contributed by atoms with van der Waals surface area (Å²) in [6.07, 6.45) is 14.5. The fourth-order valence-electron chi connectivity index (χ4n) is 9.67. The summed E-state index contributed by atoms with van der Waals surface area (Å²) in [6.45, 7) is 23.4. The fourth-order valence-corrected chi connectivity index (χ4v) is 9.67. The first kappa shape index (κ1) is 55.4. The van der Waals surface area contributed by atoms with Crippen molar-refractivity contribution in [3.63, 3.8) is 0 Å². The maximum atomic E-state index is 14.1. The average molecular weight is 898 g/mol. The van der Waals surface area contributed by atoms with E-state index in [0.29, 0.717) is 63.0 Å². The van der Waals surface area contributed by atoms with Crippen LogP contribution < -0.4 is 0 Å². The number of hydrogen-bond donors (Lipinski definition) is 4. The Kier molecular flexibility index (Phi) is 21.8. The van der Waals surface area contributed by atoms with E-state index in [2.05, 4.69) is 19.9 Å². The van der Waals surface area contributed by atoms with Gasteiger partial charge in [0.25, 0.3) is 0 Å². The monoisotopic (exact) mass is 898 g/mol. The third-order valence-corrected chi connectivity index (χ3v) is 14.3. The molecule has 1 unspecified atom stereocenters. The highest BCUT2D eigenvalue weighted by molar-refractivity contribution is 5.87. The minimum absolute atomic E-state index is 0.0157. The Morgan fingerprint density at radius 2 is 1.52 bits per heavy atom. The number of ketones is 2. The highest BCUT2D eigenvalue weighted by Gasteiger charge is 2.41. The zero-order valence-corrected chi connectivity index (χ0v) is 41.6. The zero-order valence-electron chi connectivity index (χ0n) is 41.6. The lowest BCUT2D eigenvalue weighted by Crippen LogP contribution is -2.47. The lowest BCUT2D eigenvalue weighted by molar-refractivity contribution is -0.163. The number of cyclic esters (lactones) is 1. The lowest BCUT2D eigenvalue weighted by atomic mass is 9.79. The Morgan fingerprint density at radius 3 is 2.16 bits per heavy atom. The first-order valence-corrected chi connectivity index (χ1v) is 24.5. The average Bonchev–Trinajstić information content (AvgIpc) is 3.72. The Balaban J connectivity index is 1.94. The molecular formula is C53H87NO10. The highest BCUT2D eigenvalue weighted by Crippen LogP contribution is 2.35. The van der Waals surface area contributed by atoms with Gasteiger partial charge < -0.3 is 34.8 Å². The van der Waals surface area contributed by atoms with Crippen molar-refractivity contribution in [1.29, 1.82) is 0 Å². The molecule has 3 aliphatic rings. The van der Waals surface area contributed by atoms with Gasteiger partial charge in [0, 0.05) is 24.8 Å². The number of aliphatic hydroxyl groups is 4. The van der Waals surface area contributed by atoms with E-state index in [1.165, 1.54) is 4.90 Å². The molecule has 4 N–H and O–H groups in total. The third-order valence-electron chi connectivity index (χ3n) is 14.3. The van der Waals surface area contributed by atoms with Gasteiger partial charge in [0.15, 0.2) is 5.78 Å². The van der Waals surface area contributed by atoms with Gasteiger partial charge in [0.2, 0.25) is 5.91 Å². The van der Waals surface area contributed by atoms with Gasteiger partial charge in [-0.25, -0.2) is 4.79 Å². The van der Waals surface area contributed by atoms with E-state index in [9.17, 15) is 39.6 Å². The molecule has 364 valence electrons. The Hall–Kier alpha value is -2.96. The zero-order chi connectivity index (χ0) is 48.1. The quantitative estimate of drug-likeness (QED) is 0.158. The molecule has 0 spiro atoms. The molecule has 0 bridgehead atoms. The maximum absolute atomic E-state index is 14.1. The van der Waals surface area contributed by atoms with Gasteiger partial charge in [0.05, 0.1) is 29.8 Å². The van der Waals surface area contributed by atoms with Crippen LogP contribution in [-0.4, -0.2) is 103 Å². The van der Waals surface area contributed by atoms with E-state index >= 15 is 0 Å². The van der Waals surface area contributed by atoms with Gasteiger partial charge in [0.1, 0.15) is 30.1 Å². The first-order chi connectivity index (χ1) is 29.8. The van der Waals surface area contributed by atoms with E-state index in [0.717, 1.165) is 31.3 Å². The number of allylic oxidation sites excluding steroid dienone is 6. The third kappa shape index (κ3) is 17.7. The molecular weight excluding hydrogens is 811 g/mol. The van der Waals surface area contributed by atoms with Gasteiger partial charge in [-0.15, -0.1) is 0 Å². The number of fused-ring (bicyclic) bond motifs is 1. The number of amides is 1. The summed E-state index contributed by atoms with van der Waals surface area (Å²) in [5.74, 6) is -2.64. The van der Waals surface area contributed by atoms with Crippen LogP contribution in [0, 0.1) is 41.4 Å². The standard InChI is InChI=1S/C53H87NO10/c1-33-17-14-13-15-18-35(3)46(64-52(9,10)11)28-34(2)20-21-40(8)53(12,62)32-47(57)54-26-16-19-43(54)51(61)63-45(37(5)30-41-22-24-42(55)25-23-41)31-44(56)36(4)29-39(7)49(59)50(60)48(58)38(6)27-33/h13-15,17-18,29,33-34,36-38,40-43,45-46,49-50,55,59-60,62H,16,19-28,30-32H2,1-12H3/b15-13+,17-14+,35-18+,39-29+/t33-,34+,36-,37-,38-,40-,41-,42-,43?,45+,46+,49-,50+,53-/m1/s1. The number of rotatable bonds is 4. The summed E-state index contributed by atoms with van der Waals surface area (Å²) in [4.78, 5) is 56.9. The van der Waals surface area contributed by atoms with Crippen molar-refractivity contribution in [1.82, 2.24) is 4.90 Å². The van der Waals surface area contributed by atoms with Crippen LogP contribution in [0.15, 0.2) is 47.6 Å². The highest BCUT2D eigenvalue weighted by atomic mass is 16.5. The van der Waals surface area contributed by atoms with Gasteiger partial charge >= 0.3 is 5.97 Å². The fraction of sp³-hybridized carbons (Fsp3) is 0.774. The van der Waals surface area contributed by atoms with E-state index < -0.39 is 53.5 Å². The predicted octanol–water partition coefficient (Wildman–Crippen LogP) is 8.80. The molecule has 1 saturated heterocycles. The predicted molar refractivity (Wildman–Crippen MR) is 253 cm³/mol. The molecule has 2 fully saturated rings. The largest absolute Gasteiger partial charge is 0.460 e. The molecule has 64 heavy (non-hydrogen) atoms. The minimum atomic E-state index is -1.67. The van der Waals surface area contributed by atoms with Crippen LogP contribution in [0.1, 0.15) is 167 Å². The second-order valence-electron chi connectivity index (χ2n) is 21.6. The smallest absolute Gasteiger partial charge is 0.329 e. The normalized spacial score (nSPS) is 39.3. The number of carbonyl (C=O) groups is 4. The number of ether oxygens (including phenoxy) is 2. The number of hydrogen-bond acceptors (Lipinski definition) is 10. The number of Topliss-reactive ketones (excluding diaryl/α,β-unsaturated/α-hetero) is 2. The van der Waals surface area contributed by atoms with Crippen molar-refractivity contribution in [3.8, 4) is 0 Å². The van der Waals surface area contributed by atoms with Crippen molar-refractivity contribution < 1.29 is 49.1 Å². The molecule has 0 aromatic heterocycles. The molecule has 2 aliphatic heterocycles. The Bertz CT molecular complexity index is 1650. The summed E-state index contributed by atoms with van der Waals surface area (Å²) in [5, 5.41) is 44.0. The first-order valence-electron chi connectivity index (χ1n) is 24.5.